The average molecular weight is 334 g/mol. The van der Waals surface area contributed by atoms with Gasteiger partial charge in [0.05, 0.1) is 18.2 Å². The molecule has 0 aliphatic carbocycles. The standard InChI is InChI=1S/C17H19FN2O4/c1-2-24-15-9-23-6-5-14(15)20-17(22)12-8-16(21)19-13-4-3-10(18)7-11(12)13/h3-4,7-8,14-15H,2,5-6,9H2,1H3,(H,19,21)(H,20,22)/t14-,15-/m1/s1. The van der Waals surface area contributed by atoms with Crippen molar-refractivity contribution in [3.8, 4) is 0 Å². The SMILES string of the molecule is CCO[C@@H]1COCC[C@H]1NC(=O)c1cc(=O)[nH]c2ccc(F)cc12. The monoisotopic (exact) mass is 334 g/mol. The number of hydrogen-bond donors (Lipinski definition) is 2. The summed E-state index contributed by atoms with van der Waals surface area (Å²) in [5.74, 6) is -0.893. The molecule has 6 nitrogen and oxygen atoms in total. The molecule has 2 N–H and O–H groups in total. The fraction of sp³-hybridized carbons (Fsp3) is 0.412. The van der Waals surface area contributed by atoms with E-state index in [0.717, 1.165) is 0 Å². The Morgan fingerprint density at radius 1 is 1.46 bits per heavy atom. The van der Waals surface area contributed by atoms with Crippen LogP contribution in [0.15, 0.2) is 29.1 Å². The highest BCUT2D eigenvalue weighted by Gasteiger charge is 2.28. The van der Waals surface area contributed by atoms with Gasteiger partial charge in [-0.3, -0.25) is 9.59 Å². The van der Waals surface area contributed by atoms with E-state index in [1.54, 1.807) is 0 Å². The third-order valence-corrected chi connectivity index (χ3v) is 4.05. The Bertz CT molecular complexity index is 803. The molecular formula is C17H19FN2O4. The lowest BCUT2D eigenvalue weighted by atomic mass is 10.0. The molecule has 2 atom stereocenters. The van der Waals surface area contributed by atoms with Gasteiger partial charge < -0.3 is 19.8 Å². The lowest BCUT2D eigenvalue weighted by Crippen LogP contribution is -2.50. The van der Waals surface area contributed by atoms with Crippen LogP contribution in [0.3, 0.4) is 0 Å². The molecule has 1 aliphatic rings. The molecular weight excluding hydrogens is 315 g/mol. The van der Waals surface area contributed by atoms with Crippen LogP contribution in [0.1, 0.15) is 23.7 Å². The van der Waals surface area contributed by atoms with E-state index in [0.29, 0.717) is 37.1 Å². The summed E-state index contributed by atoms with van der Waals surface area (Å²) in [6.45, 7) is 3.32. The highest BCUT2D eigenvalue weighted by molar-refractivity contribution is 6.06. The third-order valence-electron chi connectivity index (χ3n) is 4.05. The molecule has 7 heteroatoms. The Kier molecular flexibility index (Phi) is 4.92. The molecule has 3 rings (SSSR count). The van der Waals surface area contributed by atoms with Crippen LogP contribution in [0.5, 0.6) is 0 Å². The number of aromatic nitrogens is 1. The van der Waals surface area contributed by atoms with E-state index < -0.39 is 17.3 Å². The lowest BCUT2D eigenvalue weighted by molar-refractivity contribution is -0.0632. The fourth-order valence-electron chi connectivity index (χ4n) is 2.92. The number of ether oxygens (including phenoxy) is 2. The normalized spacial score (nSPS) is 20.9. The second kappa shape index (κ2) is 7.11. The van der Waals surface area contributed by atoms with Crippen molar-refractivity contribution in [2.75, 3.05) is 19.8 Å². The van der Waals surface area contributed by atoms with Crippen molar-refractivity contribution in [2.24, 2.45) is 0 Å². The number of H-pyrrole nitrogens is 1. The number of fused-ring (bicyclic) bond motifs is 1. The van der Waals surface area contributed by atoms with Gasteiger partial charge in [0.2, 0.25) is 5.56 Å². The summed E-state index contributed by atoms with van der Waals surface area (Å²) in [4.78, 5) is 27.0. The van der Waals surface area contributed by atoms with Crippen molar-refractivity contribution < 1.29 is 18.7 Å². The molecule has 1 amide bonds. The second-order valence-corrected chi connectivity index (χ2v) is 5.67. The van der Waals surface area contributed by atoms with Gasteiger partial charge in [-0.1, -0.05) is 0 Å². The summed E-state index contributed by atoms with van der Waals surface area (Å²) < 4.78 is 24.5. The van der Waals surface area contributed by atoms with Crippen molar-refractivity contribution in [1.29, 1.82) is 0 Å². The smallest absolute Gasteiger partial charge is 0.252 e. The van der Waals surface area contributed by atoms with E-state index in [1.807, 2.05) is 6.92 Å². The van der Waals surface area contributed by atoms with Crippen LogP contribution in [0, 0.1) is 5.82 Å². The van der Waals surface area contributed by atoms with Crippen molar-refractivity contribution >= 4 is 16.8 Å². The highest BCUT2D eigenvalue weighted by atomic mass is 19.1. The Morgan fingerprint density at radius 2 is 2.29 bits per heavy atom. The molecule has 0 spiro atoms. The first-order valence-electron chi connectivity index (χ1n) is 7.91. The minimum Gasteiger partial charge on any atom is -0.379 e. The number of halogens is 1. The molecule has 2 aromatic rings. The minimum atomic E-state index is -0.471. The molecule has 1 aromatic heterocycles. The molecule has 0 saturated carbocycles. The van der Waals surface area contributed by atoms with Crippen LogP contribution in [0.2, 0.25) is 0 Å². The third kappa shape index (κ3) is 3.47. The number of pyridine rings is 1. The maximum atomic E-state index is 13.5. The molecule has 128 valence electrons. The van der Waals surface area contributed by atoms with Crippen LogP contribution >= 0.6 is 0 Å². The van der Waals surface area contributed by atoms with E-state index in [4.69, 9.17) is 9.47 Å². The van der Waals surface area contributed by atoms with Gasteiger partial charge in [-0.15, -0.1) is 0 Å². The first-order valence-corrected chi connectivity index (χ1v) is 7.91. The van der Waals surface area contributed by atoms with Crippen molar-refractivity contribution in [2.45, 2.75) is 25.5 Å². The molecule has 1 aliphatic heterocycles. The zero-order valence-electron chi connectivity index (χ0n) is 13.3. The Hall–Kier alpha value is -2.25. The van der Waals surface area contributed by atoms with Crippen LogP contribution in [0.25, 0.3) is 10.9 Å². The molecule has 1 fully saturated rings. The lowest BCUT2D eigenvalue weighted by Gasteiger charge is -2.31. The first kappa shape index (κ1) is 16.6. The van der Waals surface area contributed by atoms with Crippen molar-refractivity contribution in [3.05, 3.63) is 46.0 Å². The topological polar surface area (TPSA) is 80.4 Å². The van der Waals surface area contributed by atoms with Gasteiger partial charge in [0, 0.05) is 30.2 Å². The number of benzene rings is 1. The maximum Gasteiger partial charge on any atom is 0.252 e. The van der Waals surface area contributed by atoms with E-state index >= 15 is 0 Å². The van der Waals surface area contributed by atoms with E-state index in [1.165, 1.54) is 24.3 Å². The summed E-state index contributed by atoms with van der Waals surface area (Å²) in [5, 5.41) is 3.26. The second-order valence-electron chi connectivity index (χ2n) is 5.67. The zero-order chi connectivity index (χ0) is 17.1. The summed E-state index contributed by atoms with van der Waals surface area (Å²) in [6.07, 6.45) is 0.379. The van der Waals surface area contributed by atoms with E-state index in [-0.39, 0.29) is 17.7 Å². The average Bonchev–Trinajstić information content (AvgIpc) is 2.56. The number of rotatable bonds is 4. The van der Waals surface area contributed by atoms with Gasteiger partial charge in [-0.05, 0) is 31.5 Å². The number of carbonyl (C=O) groups excluding carboxylic acids is 1. The zero-order valence-corrected chi connectivity index (χ0v) is 13.3. The molecule has 0 bridgehead atoms. The maximum absolute atomic E-state index is 13.5. The van der Waals surface area contributed by atoms with Crippen molar-refractivity contribution in [3.63, 3.8) is 0 Å². The Morgan fingerprint density at radius 3 is 3.08 bits per heavy atom. The minimum absolute atomic E-state index is 0.148. The van der Waals surface area contributed by atoms with Crippen LogP contribution in [0.4, 0.5) is 4.39 Å². The van der Waals surface area contributed by atoms with Crippen molar-refractivity contribution in [1.82, 2.24) is 10.3 Å². The molecule has 0 radical (unpaired) electrons. The number of carbonyl (C=O) groups is 1. The van der Waals surface area contributed by atoms with Crippen LogP contribution in [-0.2, 0) is 9.47 Å². The Labute approximate surface area is 138 Å². The number of nitrogens with one attached hydrogen (secondary N) is 2. The van der Waals surface area contributed by atoms with Gasteiger partial charge in [-0.25, -0.2) is 4.39 Å². The Balaban J connectivity index is 1.90. The summed E-state index contributed by atoms with van der Waals surface area (Å²) in [5.41, 5.74) is 0.157. The quantitative estimate of drug-likeness (QED) is 0.890. The molecule has 24 heavy (non-hydrogen) atoms. The molecule has 1 aromatic carbocycles. The van der Waals surface area contributed by atoms with Crippen LogP contribution in [-0.4, -0.2) is 42.9 Å². The summed E-state index contributed by atoms with van der Waals surface area (Å²) >= 11 is 0. The van der Waals surface area contributed by atoms with E-state index in [2.05, 4.69) is 10.3 Å². The highest BCUT2D eigenvalue weighted by Crippen LogP contribution is 2.18. The fourth-order valence-corrected chi connectivity index (χ4v) is 2.92. The van der Waals surface area contributed by atoms with E-state index in [9.17, 15) is 14.0 Å². The molecule has 0 unspecified atom stereocenters. The largest absolute Gasteiger partial charge is 0.379 e. The van der Waals surface area contributed by atoms with Gasteiger partial charge >= 0.3 is 0 Å². The van der Waals surface area contributed by atoms with Gasteiger partial charge in [0.1, 0.15) is 11.9 Å². The van der Waals surface area contributed by atoms with Gasteiger partial charge in [-0.2, -0.15) is 0 Å². The van der Waals surface area contributed by atoms with Crippen LogP contribution < -0.4 is 10.9 Å². The predicted molar refractivity (Wildman–Crippen MR) is 86.6 cm³/mol. The number of amides is 1. The first-order chi connectivity index (χ1) is 11.6. The molecule has 2 heterocycles. The number of aromatic amines is 1. The predicted octanol–water partition coefficient (Wildman–Crippen LogP) is 1.59. The summed E-state index contributed by atoms with van der Waals surface area (Å²) in [6, 6.07) is 4.90. The molecule has 1 saturated heterocycles. The summed E-state index contributed by atoms with van der Waals surface area (Å²) in [7, 11) is 0. The number of hydrogen-bond acceptors (Lipinski definition) is 4. The van der Waals surface area contributed by atoms with Gasteiger partial charge in [0.15, 0.2) is 0 Å². The van der Waals surface area contributed by atoms with Gasteiger partial charge in [0.25, 0.3) is 5.91 Å².